The predicted molar refractivity (Wildman–Crippen MR) is 336 cm³/mol. The molecule has 12 saturated carbocycles. The van der Waals surface area contributed by atoms with Crippen molar-refractivity contribution in [3.8, 4) is 0 Å². The van der Waals surface area contributed by atoms with Crippen LogP contribution >= 0.6 is 45.2 Å². The van der Waals surface area contributed by atoms with Gasteiger partial charge in [-0.15, -0.1) is 0 Å². The van der Waals surface area contributed by atoms with Crippen molar-refractivity contribution in [1.29, 1.82) is 0 Å². The zero-order valence-corrected chi connectivity index (χ0v) is 66.1. The molecular weight excluding hydrogens is 1470 g/mol. The van der Waals surface area contributed by atoms with Crippen LogP contribution in [0, 0.1) is 105 Å². The molecule has 4 saturated heterocycles. The summed E-state index contributed by atoms with van der Waals surface area (Å²) in [5, 5.41) is 15.2. The maximum atomic E-state index is 12.3. The predicted octanol–water partition coefficient (Wildman–Crippen LogP) is 6.60. The summed E-state index contributed by atoms with van der Waals surface area (Å²) < 4.78 is 34.8. The molecule has 18 atom stereocenters. The monoisotopic (exact) mass is 1560 g/mol. The molecule has 4 heterocycles. The summed E-state index contributed by atoms with van der Waals surface area (Å²) in [6.07, 6.45) is 30.6. The molecule has 16 aliphatic rings. The Balaban J connectivity index is 0.000000203. The molecule has 12 aliphatic carbocycles. The summed E-state index contributed by atoms with van der Waals surface area (Å²) in [4.78, 5) is 48.0. The van der Waals surface area contributed by atoms with Crippen molar-refractivity contribution in [3.05, 3.63) is 72.9 Å². The normalized spacial score (nSPS) is 39.0. The van der Waals surface area contributed by atoms with Gasteiger partial charge in [0.15, 0.2) is 0 Å². The molecule has 16 fully saturated rings. The van der Waals surface area contributed by atoms with Crippen molar-refractivity contribution < 1.29 is 159 Å². The van der Waals surface area contributed by atoms with E-state index in [1.54, 1.807) is 14.2 Å². The topological polar surface area (TPSA) is 197 Å². The summed E-state index contributed by atoms with van der Waals surface area (Å²) in [6, 6.07) is 0. The van der Waals surface area contributed by atoms with Gasteiger partial charge >= 0.3 is 83.0 Å². The molecule has 0 aromatic rings. The van der Waals surface area contributed by atoms with E-state index in [0.29, 0.717) is 81.9 Å². The number of rotatable bonds is 4. The molecule has 13 nitrogen and oxygen atoms in total. The molecule has 0 bridgehead atoms. The number of hydrogen-bond donors (Lipinski definition) is 1. The minimum atomic E-state index is -0.203. The Labute approximate surface area is 621 Å². The van der Waals surface area contributed by atoms with E-state index in [4.69, 9.17) is 38.6 Å². The molecule has 0 amide bonds. The number of ether oxygens (including phenoxy) is 6. The van der Waals surface area contributed by atoms with Crippen molar-refractivity contribution in [2.75, 3.05) is 44.1 Å². The van der Waals surface area contributed by atoms with E-state index < -0.39 is 0 Å². The molecule has 481 valence electrons. The van der Waals surface area contributed by atoms with Gasteiger partial charge in [0.1, 0.15) is 24.4 Å². The van der Waals surface area contributed by atoms with Gasteiger partial charge in [-0.05, 0) is 199 Å². The zero-order chi connectivity index (χ0) is 59.5. The van der Waals surface area contributed by atoms with Crippen LogP contribution in [0.2, 0.25) is 0 Å². The van der Waals surface area contributed by atoms with Crippen LogP contribution in [-0.2, 0) is 84.1 Å². The van der Waals surface area contributed by atoms with Crippen LogP contribution in [-0.4, -0.2) is 103 Å². The first-order valence-electron chi connectivity index (χ1n) is 31.9. The average Bonchev–Trinajstić information content (AvgIpc) is 1.64. The molecule has 19 heteroatoms. The summed E-state index contributed by atoms with van der Waals surface area (Å²) in [5.41, 5.74) is 8.97. The zero-order valence-electron chi connectivity index (χ0n) is 53.9. The summed E-state index contributed by atoms with van der Waals surface area (Å²) in [6.45, 7) is 25.8. The average molecular weight is 1560 g/mol. The number of aliphatic hydroxyl groups is 1. The molecule has 4 spiro atoms. The van der Waals surface area contributed by atoms with Crippen molar-refractivity contribution in [3.63, 3.8) is 0 Å². The van der Waals surface area contributed by atoms with Gasteiger partial charge in [-0.2, -0.15) is 7.11 Å². The summed E-state index contributed by atoms with van der Waals surface area (Å²) >= 11 is 4.55. The largest absolute Gasteiger partial charge is 1.00 e. The molecule has 1 radical (unpaired) electrons. The number of halogens is 2. The van der Waals surface area contributed by atoms with E-state index in [9.17, 15) is 19.2 Å². The van der Waals surface area contributed by atoms with Crippen molar-refractivity contribution >= 4 is 69.1 Å². The SMILES string of the molecule is C=C1C(=O)O[C@@H]2[C@@H]3[C@@H](CCC34CC4)C3(CC[C@@H]12)CC3.C=C1CC[C@H]2C(=C)CC[C@@H]3[C@H](OC(=O)[C@H]3COC)[C@@H]12.C=C1CC[C@H]2C(=C)CC[C@H]3C(=C)C(=O)O[C@@H]3[C@@H]12.CO.COC[C@@H]1C(=O)O[C@H]2[C@H]1CCC1(CC1)[C@@H]1CCC3(CC3)[C@H]21.C[O-].ICI.[Cu].[Na+].[Na+].[OH-].[Zn]. The quantitative estimate of drug-likeness (QED) is 0.0602. The number of carbonyl (C=O) groups is 4. The second kappa shape index (κ2) is 32.8. The fourth-order valence-electron chi connectivity index (χ4n) is 20.3. The van der Waals surface area contributed by atoms with Crippen molar-refractivity contribution in [2.24, 2.45) is 105 Å². The molecule has 4 aliphatic heterocycles. The second-order valence-corrected chi connectivity index (χ2v) is 32.7. The Bertz CT molecular complexity index is 2570. The van der Waals surface area contributed by atoms with E-state index in [1.807, 2.05) is 0 Å². The van der Waals surface area contributed by atoms with Crippen LogP contribution in [0.3, 0.4) is 0 Å². The molecule has 2 N–H and O–H groups in total. The first-order chi connectivity index (χ1) is 40.0. The van der Waals surface area contributed by atoms with Crippen LogP contribution in [0.15, 0.2) is 72.9 Å². The summed E-state index contributed by atoms with van der Waals surface area (Å²) in [5.74, 6) is 5.36. The molecule has 88 heavy (non-hydrogen) atoms. The number of aliphatic hydroxyl groups excluding tert-OH is 1. The van der Waals surface area contributed by atoms with Crippen molar-refractivity contribution in [2.45, 2.75) is 179 Å². The number of carbonyl (C=O) groups excluding carboxylic acids is 4. The Hall–Kier alpha value is 0.723. The number of methoxy groups -OCH3 is 2. The smallest absolute Gasteiger partial charge is 0.870 e. The molecule has 0 aromatic carbocycles. The minimum absolute atomic E-state index is 0. The second-order valence-electron chi connectivity index (χ2n) is 28.3. The first-order valence-corrected chi connectivity index (χ1v) is 34.9. The fourth-order valence-corrected chi connectivity index (χ4v) is 20.3. The van der Waals surface area contributed by atoms with E-state index >= 15 is 0 Å². The van der Waals surface area contributed by atoms with E-state index in [-0.39, 0.29) is 179 Å². The van der Waals surface area contributed by atoms with Gasteiger partial charge in [0.25, 0.3) is 0 Å². The van der Waals surface area contributed by atoms with E-state index in [1.165, 1.54) is 121 Å². The fraction of sp³-hybridized carbons (Fsp3) is 0.768. The van der Waals surface area contributed by atoms with Crippen LogP contribution in [0.25, 0.3) is 0 Å². The third-order valence-electron chi connectivity index (χ3n) is 25.0. The third kappa shape index (κ3) is 14.9. The Morgan fingerprint density at radius 2 is 0.818 bits per heavy atom. The first kappa shape index (κ1) is 79.4. The van der Waals surface area contributed by atoms with Gasteiger partial charge in [-0.3, -0.25) is 9.59 Å². The third-order valence-corrected chi connectivity index (χ3v) is 25.0. The maximum Gasteiger partial charge on any atom is 1.00 e. The number of alkyl halides is 2. The van der Waals surface area contributed by atoms with E-state index in [2.05, 4.69) is 84.7 Å². The van der Waals surface area contributed by atoms with E-state index in [0.717, 1.165) is 89.4 Å². The number of allylic oxidation sites excluding steroid dienone is 2. The number of esters is 4. The summed E-state index contributed by atoms with van der Waals surface area (Å²) in [7, 11) is 5.11. The van der Waals surface area contributed by atoms with Crippen LogP contribution in [0.4, 0.5) is 0 Å². The van der Waals surface area contributed by atoms with Crippen LogP contribution < -0.4 is 64.2 Å². The van der Waals surface area contributed by atoms with Gasteiger partial charge < -0.3 is 44.1 Å². The Kier molecular flexibility index (Phi) is 29.6. The maximum absolute atomic E-state index is 12.3. The molecule has 0 unspecified atom stereocenters. The molecular formula is C69H98CuI2Na2O13Zn. The van der Waals surface area contributed by atoms with Gasteiger partial charge in [0, 0.05) is 116 Å². The van der Waals surface area contributed by atoms with Gasteiger partial charge in [-0.1, -0.05) is 107 Å². The molecule has 16 rings (SSSR count). The Morgan fingerprint density at radius 3 is 1.26 bits per heavy atom. The number of fused-ring (bicyclic) bond motifs is 16. The Morgan fingerprint density at radius 1 is 0.477 bits per heavy atom. The standard InChI is InChI=1S/C18H26O3.C17H22O2.C16H22O3.C15H18O2.CH2I2.CH4O.CH3O.Cu.2Na.H2O.Zn/c1-20-10-12-11-2-4-17(6-7-17)13-3-5-18(8-9-18)14(13)15(11)21-16(12)19;1-10-11-2-4-16(6-7-16)12-3-5-17(8-9-17)13(12)14(11)19-15(10)18;1-9-4-7-12-13(8-18-3)16(17)19-15(12)14-10(2)5-6-11(9)14;1-8-4-7-12-10(3)15(16)17-14(12)13-9(2)5-6-11(8)13;2-1-3;2*1-2;;;;;/h11-15H,2-10H2,1H3;11-14H,1-9H2;11-15H,1-2,4-8H2,3H3;11-14H,1-7H2;1H2;2H,1H3;1H3;;;;1H2;/q;;;;;;-1;;2*+1;;/p-1/t11-,12-,13+,14-,15-;11-,12+,13-,14-;11-,12-,13-,14-,15-;11-,12-,13-,14-;;;;;;;;/m0000......../s1. The molecule has 0 aromatic heterocycles. The van der Waals surface area contributed by atoms with Crippen LogP contribution in [0.1, 0.15) is 154 Å². The van der Waals surface area contributed by atoms with Crippen molar-refractivity contribution in [1.82, 2.24) is 0 Å². The van der Waals surface area contributed by atoms with Crippen LogP contribution in [0.5, 0.6) is 0 Å². The minimum Gasteiger partial charge on any atom is -0.870 e. The van der Waals surface area contributed by atoms with Gasteiger partial charge in [-0.25, -0.2) is 9.59 Å². The number of hydrogen-bond acceptors (Lipinski definition) is 13. The van der Waals surface area contributed by atoms with Gasteiger partial charge in [0.05, 0.1) is 27.5 Å². The van der Waals surface area contributed by atoms with Gasteiger partial charge in [0.2, 0.25) is 0 Å².